The number of hydrogen-bond donors (Lipinski definition) is 0. The second-order valence-electron chi connectivity index (χ2n) is 4.03. The molecule has 2 heteroatoms. The Kier molecular flexibility index (Phi) is 4.03. The normalized spacial score (nSPS) is 10.1. The fraction of sp³-hybridized carbons (Fsp3) is 0.200. The fourth-order valence-electron chi connectivity index (χ4n) is 1.75. The SMILES string of the molecule is C=C(CCCc1cccnc1)c1ccccn1. The third-order valence-electron chi connectivity index (χ3n) is 2.69. The smallest absolute Gasteiger partial charge is 0.0655 e. The lowest BCUT2D eigenvalue weighted by Crippen LogP contribution is -1.90. The van der Waals surface area contributed by atoms with Crippen molar-refractivity contribution in [2.45, 2.75) is 19.3 Å². The molecule has 0 aliphatic carbocycles. The molecule has 0 spiro atoms. The lowest BCUT2D eigenvalue weighted by atomic mass is 10.0. The van der Waals surface area contributed by atoms with E-state index >= 15 is 0 Å². The molecule has 2 aromatic heterocycles. The number of aromatic nitrogens is 2. The molecule has 17 heavy (non-hydrogen) atoms. The number of rotatable bonds is 5. The van der Waals surface area contributed by atoms with Crippen LogP contribution in [0.15, 0.2) is 55.5 Å². The van der Waals surface area contributed by atoms with Crippen LogP contribution in [0.3, 0.4) is 0 Å². The van der Waals surface area contributed by atoms with E-state index in [0.29, 0.717) is 0 Å². The van der Waals surface area contributed by atoms with Crippen molar-refractivity contribution in [1.29, 1.82) is 0 Å². The van der Waals surface area contributed by atoms with E-state index in [9.17, 15) is 0 Å². The minimum Gasteiger partial charge on any atom is -0.264 e. The lowest BCUT2D eigenvalue weighted by molar-refractivity contribution is 0.846. The average molecular weight is 224 g/mol. The molecule has 0 aliphatic rings. The molecule has 0 radical (unpaired) electrons. The van der Waals surface area contributed by atoms with Crippen LogP contribution in [0.1, 0.15) is 24.1 Å². The molecular formula is C15H16N2. The Morgan fingerprint density at radius 3 is 2.76 bits per heavy atom. The largest absolute Gasteiger partial charge is 0.264 e. The third-order valence-corrected chi connectivity index (χ3v) is 2.69. The highest BCUT2D eigenvalue weighted by Gasteiger charge is 2.00. The fourth-order valence-corrected chi connectivity index (χ4v) is 1.75. The Balaban J connectivity index is 1.82. The number of nitrogens with zero attached hydrogens (tertiary/aromatic N) is 2. The highest BCUT2D eigenvalue weighted by Crippen LogP contribution is 2.16. The Hall–Kier alpha value is -1.96. The highest BCUT2D eigenvalue weighted by molar-refractivity contribution is 5.59. The summed E-state index contributed by atoms with van der Waals surface area (Å²) in [4.78, 5) is 8.40. The summed E-state index contributed by atoms with van der Waals surface area (Å²) in [5.74, 6) is 0. The van der Waals surface area contributed by atoms with Crippen molar-refractivity contribution in [1.82, 2.24) is 9.97 Å². The van der Waals surface area contributed by atoms with Crippen LogP contribution in [-0.4, -0.2) is 9.97 Å². The Labute approximate surface area is 102 Å². The molecule has 0 unspecified atom stereocenters. The monoisotopic (exact) mass is 224 g/mol. The molecule has 0 fully saturated rings. The molecule has 0 aromatic carbocycles. The number of allylic oxidation sites excluding steroid dienone is 1. The van der Waals surface area contributed by atoms with Crippen molar-refractivity contribution in [2.24, 2.45) is 0 Å². The summed E-state index contributed by atoms with van der Waals surface area (Å²) in [5.41, 5.74) is 3.38. The summed E-state index contributed by atoms with van der Waals surface area (Å²) in [6.45, 7) is 4.08. The number of pyridine rings is 2. The Morgan fingerprint density at radius 2 is 2.06 bits per heavy atom. The average Bonchev–Trinajstić information content (AvgIpc) is 2.41. The molecule has 0 saturated carbocycles. The van der Waals surface area contributed by atoms with Crippen molar-refractivity contribution in [3.63, 3.8) is 0 Å². The quantitative estimate of drug-likeness (QED) is 0.776. The van der Waals surface area contributed by atoms with Gasteiger partial charge in [0.2, 0.25) is 0 Å². The molecule has 0 N–H and O–H groups in total. The van der Waals surface area contributed by atoms with E-state index in [1.807, 2.05) is 36.7 Å². The first-order valence-corrected chi connectivity index (χ1v) is 5.84. The summed E-state index contributed by atoms with van der Waals surface area (Å²) in [6, 6.07) is 10.0. The van der Waals surface area contributed by atoms with Gasteiger partial charge in [0.05, 0.1) is 5.69 Å². The second-order valence-corrected chi connectivity index (χ2v) is 4.03. The third kappa shape index (κ3) is 3.52. The molecule has 0 atom stereocenters. The summed E-state index contributed by atoms with van der Waals surface area (Å²) in [7, 11) is 0. The molecular weight excluding hydrogens is 208 g/mol. The van der Waals surface area contributed by atoms with Gasteiger partial charge in [0.25, 0.3) is 0 Å². The van der Waals surface area contributed by atoms with Gasteiger partial charge >= 0.3 is 0 Å². The van der Waals surface area contributed by atoms with Crippen molar-refractivity contribution in [3.8, 4) is 0 Å². The van der Waals surface area contributed by atoms with Gasteiger partial charge in [-0.1, -0.05) is 18.7 Å². The van der Waals surface area contributed by atoms with Crippen LogP contribution in [0.25, 0.3) is 5.57 Å². The van der Waals surface area contributed by atoms with Gasteiger partial charge in [0, 0.05) is 18.6 Å². The van der Waals surface area contributed by atoms with E-state index < -0.39 is 0 Å². The van der Waals surface area contributed by atoms with Crippen LogP contribution < -0.4 is 0 Å². The van der Waals surface area contributed by atoms with Crippen LogP contribution >= 0.6 is 0 Å². The standard InChI is InChI=1S/C15H16N2/c1-13(15-9-2-3-11-17-15)6-4-7-14-8-5-10-16-12-14/h2-3,5,8-12H,1,4,6-7H2. The van der Waals surface area contributed by atoms with Crippen molar-refractivity contribution in [2.75, 3.05) is 0 Å². The highest BCUT2D eigenvalue weighted by atomic mass is 14.7. The Morgan fingerprint density at radius 1 is 1.12 bits per heavy atom. The summed E-state index contributed by atoms with van der Waals surface area (Å²) in [5, 5.41) is 0. The first kappa shape index (κ1) is 11.5. The molecule has 2 aromatic rings. The lowest BCUT2D eigenvalue weighted by Gasteiger charge is -2.04. The molecule has 2 nitrogen and oxygen atoms in total. The minimum absolute atomic E-state index is 0.978. The molecule has 0 aliphatic heterocycles. The second kappa shape index (κ2) is 5.94. The van der Waals surface area contributed by atoms with Gasteiger partial charge < -0.3 is 0 Å². The van der Waals surface area contributed by atoms with Crippen molar-refractivity contribution in [3.05, 3.63) is 66.8 Å². The zero-order chi connectivity index (χ0) is 11.9. The predicted molar refractivity (Wildman–Crippen MR) is 70.4 cm³/mol. The van der Waals surface area contributed by atoms with Gasteiger partial charge in [0.15, 0.2) is 0 Å². The van der Waals surface area contributed by atoms with Crippen LogP contribution in [0.5, 0.6) is 0 Å². The molecule has 2 heterocycles. The zero-order valence-electron chi connectivity index (χ0n) is 9.84. The Bertz CT molecular complexity index is 463. The zero-order valence-corrected chi connectivity index (χ0v) is 9.84. The first-order valence-electron chi connectivity index (χ1n) is 5.84. The maximum atomic E-state index is 4.29. The topological polar surface area (TPSA) is 25.8 Å². The summed E-state index contributed by atoms with van der Waals surface area (Å²) >= 11 is 0. The van der Waals surface area contributed by atoms with E-state index in [1.54, 1.807) is 6.20 Å². The van der Waals surface area contributed by atoms with Gasteiger partial charge in [0.1, 0.15) is 0 Å². The van der Waals surface area contributed by atoms with Gasteiger partial charge in [-0.05, 0) is 48.6 Å². The van der Waals surface area contributed by atoms with Crippen molar-refractivity contribution < 1.29 is 0 Å². The number of aryl methyl sites for hydroxylation is 1. The summed E-state index contributed by atoms with van der Waals surface area (Å²) < 4.78 is 0. The van der Waals surface area contributed by atoms with Gasteiger partial charge in [-0.3, -0.25) is 9.97 Å². The molecule has 0 saturated heterocycles. The van der Waals surface area contributed by atoms with E-state index in [-0.39, 0.29) is 0 Å². The van der Waals surface area contributed by atoms with Gasteiger partial charge in [-0.15, -0.1) is 0 Å². The van der Waals surface area contributed by atoms with Crippen LogP contribution in [0.4, 0.5) is 0 Å². The van der Waals surface area contributed by atoms with Gasteiger partial charge in [-0.25, -0.2) is 0 Å². The molecule has 0 amide bonds. The molecule has 86 valence electrons. The maximum absolute atomic E-state index is 4.29. The maximum Gasteiger partial charge on any atom is 0.0655 e. The summed E-state index contributed by atoms with van der Waals surface area (Å²) in [6.07, 6.45) is 8.63. The van der Waals surface area contributed by atoms with Crippen LogP contribution in [0, 0.1) is 0 Å². The first-order chi connectivity index (χ1) is 8.36. The van der Waals surface area contributed by atoms with E-state index in [2.05, 4.69) is 22.6 Å². The van der Waals surface area contributed by atoms with Crippen LogP contribution in [0.2, 0.25) is 0 Å². The van der Waals surface area contributed by atoms with Crippen molar-refractivity contribution >= 4 is 5.57 Å². The van der Waals surface area contributed by atoms with Gasteiger partial charge in [-0.2, -0.15) is 0 Å². The predicted octanol–water partition coefficient (Wildman–Crippen LogP) is 3.51. The minimum atomic E-state index is 0.978. The number of hydrogen-bond acceptors (Lipinski definition) is 2. The van der Waals surface area contributed by atoms with E-state index in [1.165, 1.54) is 5.56 Å². The van der Waals surface area contributed by atoms with Crippen LogP contribution in [-0.2, 0) is 6.42 Å². The molecule has 0 bridgehead atoms. The van der Waals surface area contributed by atoms with E-state index in [0.717, 1.165) is 30.5 Å². The van der Waals surface area contributed by atoms with E-state index in [4.69, 9.17) is 0 Å². The molecule has 2 rings (SSSR count).